The quantitative estimate of drug-likeness (QED) is 0.791. The molecule has 0 atom stereocenters. The van der Waals surface area contributed by atoms with Gasteiger partial charge in [0.1, 0.15) is 11.5 Å². The van der Waals surface area contributed by atoms with E-state index in [1.54, 1.807) is 32.0 Å². The van der Waals surface area contributed by atoms with Crippen LogP contribution in [0.5, 0.6) is 11.5 Å². The molecule has 0 unspecified atom stereocenters. The Morgan fingerprint density at radius 1 is 1.35 bits per heavy atom. The average Bonchev–Trinajstić information content (AvgIpc) is 2.34. The lowest BCUT2D eigenvalue weighted by Crippen LogP contribution is -2.20. The Kier molecular flexibility index (Phi) is 4.96. The molecule has 6 heteroatoms. The highest BCUT2D eigenvalue weighted by atomic mass is 32.2. The topological polar surface area (TPSA) is 67.8 Å². The molecule has 0 saturated heterocycles. The number of amides is 1. The molecule has 1 amide bonds. The van der Waals surface area contributed by atoms with E-state index in [0.717, 1.165) is 10.5 Å². The van der Waals surface area contributed by atoms with Crippen LogP contribution in [0.1, 0.15) is 5.56 Å². The van der Waals surface area contributed by atoms with Gasteiger partial charge in [0.2, 0.25) is 0 Å². The van der Waals surface area contributed by atoms with Crippen LogP contribution in [-0.4, -0.2) is 31.7 Å². The molecule has 1 rings (SSSR count). The lowest BCUT2D eigenvalue weighted by atomic mass is 10.2. The third-order valence-electron chi connectivity index (χ3n) is 2.22. The zero-order valence-corrected chi connectivity index (χ0v) is 10.8. The first-order chi connectivity index (χ1) is 8.12. The van der Waals surface area contributed by atoms with Crippen molar-refractivity contribution in [1.29, 1.82) is 0 Å². The zero-order valence-electron chi connectivity index (χ0n) is 9.94. The fourth-order valence-corrected chi connectivity index (χ4v) is 1.97. The van der Waals surface area contributed by atoms with Crippen LogP contribution < -0.4 is 14.8 Å². The second-order valence-corrected chi connectivity index (χ2v) is 4.03. The summed E-state index contributed by atoms with van der Waals surface area (Å²) in [5.41, 5.74) is 0.740. The zero-order chi connectivity index (χ0) is 12.8. The number of ether oxygens (including phenoxy) is 2. The summed E-state index contributed by atoms with van der Waals surface area (Å²) in [5, 5.41) is 10.9. The predicted octanol–water partition coefficient (Wildman–Crippen LogP) is 2.19. The lowest BCUT2D eigenvalue weighted by molar-refractivity contribution is 0.194. The Labute approximate surface area is 104 Å². The van der Waals surface area contributed by atoms with Gasteiger partial charge in [-0.25, -0.2) is 4.79 Å². The number of benzene rings is 1. The molecule has 2 N–H and O–H groups in total. The number of rotatable bonds is 5. The minimum atomic E-state index is -1.07. The van der Waals surface area contributed by atoms with Gasteiger partial charge >= 0.3 is 6.09 Å². The Bertz CT molecular complexity index is 409. The molecule has 0 aliphatic carbocycles. The van der Waals surface area contributed by atoms with Gasteiger partial charge < -0.3 is 19.9 Å². The van der Waals surface area contributed by atoms with E-state index in [1.807, 2.05) is 12.3 Å². The van der Waals surface area contributed by atoms with Crippen molar-refractivity contribution in [1.82, 2.24) is 5.32 Å². The summed E-state index contributed by atoms with van der Waals surface area (Å²) < 4.78 is 10.4. The Morgan fingerprint density at radius 2 is 2.00 bits per heavy atom. The molecular formula is C11H15NO4S. The predicted molar refractivity (Wildman–Crippen MR) is 66.2 cm³/mol. The van der Waals surface area contributed by atoms with Gasteiger partial charge in [-0.1, -0.05) is 0 Å². The minimum Gasteiger partial charge on any atom is -0.496 e. The van der Waals surface area contributed by atoms with Crippen LogP contribution in [0.3, 0.4) is 0 Å². The molecule has 0 aliphatic rings. The van der Waals surface area contributed by atoms with E-state index in [4.69, 9.17) is 14.6 Å². The van der Waals surface area contributed by atoms with Gasteiger partial charge in [-0.05, 0) is 18.4 Å². The summed E-state index contributed by atoms with van der Waals surface area (Å²) in [5.74, 6) is 1.35. The van der Waals surface area contributed by atoms with Gasteiger partial charge in [-0.2, -0.15) is 0 Å². The second kappa shape index (κ2) is 6.24. The van der Waals surface area contributed by atoms with Crippen LogP contribution >= 0.6 is 11.8 Å². The van der Waals surface area contributed by atoms with Gasteiger partial charge in [0.25, 0.3) is 0 Å². The smallest absolute Gasteiger partial charge is 0.404 e. The molecule has 5 nitrogen and oxygen atoms in total. The van der Waals surface area contributed by atoms with Gasteiger partial charge in [-0.3, -0.25) is 0 Å². The fourth-order valence-electron chi connectivity index (χ4n) is 1.40. The van der Waals surface area contributed by atoms with Crippen molar-refractivity contribution in [2.24, 2.45) is 0 Å². The first-order valence-electron chi connectivity index (χ1n) is 4.88. The Balaban J connectivity index is 3.05. The molecule has 0 bridgehead atoms. The monoisotopic (exact) mass is 257 g/mol. The van der Waals surface area contributed by atoms with E-state index in [-0.39, 0.29) is 6.54 Å². The number of carbonyl (C=O) groups is 1. The number of hydrogen-bond acceptors (Lipinski definition) is 4. The Morgan fingerprint density at radius 3 is 2.47 bits per heavy atom. The van der Waals surface area contributed by atoms with E-state index in [2.05, 4.69) is 5.32 Å². The van der Waals surface area contributed by atoms with E-state index >= 15 is 0 Å². The summed E-state index contributed by atoms with van der Waals surface area (Å²) in [6.45, 7) is 0.184. The maximum Gasteiger partial charge on any atom is 0.404 e. The normalized spacial score (nSPS) is 9.82. The lowest BCUT2D eigenvalue weighted by Gasteiger charge is -2.13. The maximum absolute atomic E-state index is 10.5. The van der Waals surface area contributed by atoms with Crippen molar-refractivity contribution < 1.29 is 19.4 Å². The van der Waals surface area contributed by atoms with Crippen LogP contribution in [0.15, 0.2) is 17.0 Å². The number of nitrogens with one attached hydrogen (secondary N) is 1. The average molecular weight is 257 g/mol. The molecule has 1 aromatic carbocycles. The van der Waals surface area contributed by atoms with Gasteiger partial charge in [-0.15, -0.1) is 11.8 Å². The van der Waals surface area contributed by atoms with Gasteiger partial charge in [0.15, 0.2) is 0 Å². The third kappa shape index (κ3) is 3.45. The highest BCUT2D eigenvalue weighted by molar-refractivity contribution is 7.98. The summed E-state index contributed by atoms with van der Waals surface area (Å²) in [6.07, 6.45) is 0.867. The molecule has 0 fully saturated rings. The molecule has 94 valence electrons. The summed E-state index contributed by atoms with van der Waals surface area (Å²) in [6, 6.07) is 3.61. The van der Waals surface area contributed by atoms with Crippen LogP contribution in [0.4, 0.5) is 4.79 Å². The van der Waals surface area contributed by atoms with Crippen molar-refractivity contribution in [2.75, 3.05) is 20.5 Å². The summed E-state index contributed by atoms with van der Waals surface area (Å²) in [4.78, 5) is 11.4. The van der Waals surface area contributed by atoms with Crippen LogP contribution in [-0.2, 0) is 6.54 Å². The van der Waals surface area contributed by atoms with Crippen molar-refractivity contribution in [2.45, 2.75) is 11.4 Å². The van der Waals surface area contributed by atoms with Crippen molar-refractivity contribution >= 4 is 17.9 Å². The number of carboxylic acid groups (broad SMARTS) is 1. The van der Waals surface area contributed by atoms with Gasteiger partial charge in [0.05, 0.1) is 19.1 Å². The standard InChI is InChI=1S/C11H15NO4S/c1-15-8-5-10(17-3)9(16-2)4-7(8)6-12-11(13)14/h4-5,12H,6H2,1-3H3,(H,13,14). The van der Waals surface area contributed by atoms with Crippen LogP contribution in [0.2, 0.25) is 0 Å². The fraction of sp³-hybridized carbons (Fsp3) is 0.364. The molecular weight excluding hydrogens is 242 g/mol. The van der Waals surface area contributed by atoms with Gasteiger partial charge in [0, 0.05) is 12.1 Å². The first-order valence-corrected chi connectivity index (χ1v) is 6.10. The third-order valence-corrected chi connectivity index (χ3v) is 2.98. The molecule has 17 heavy (non-hydrogen) atoms. The highest BCUT2D eigenvalue weighted by Gasteiger charge is 2.11. The highest BCUT2D eigenvalue weighted by Crippen LogP contribution is 2.34. The second-order valence-electron chi connectivity index (χ2n) is 3.18. The number of methoxy groups -OCH3 is 2. The summed E-state index contributed by atoms with van der Waals surface area (Å²) >= 11 is 1.54. The molecule has 1 aromatic rings. The largest absolute Gasteiger partial charge is 0.496 e. The molecule has 0 aliphatic heterocycles. The number of thioether (sulfide) groups is 1. The summed E-state index contributed by atoms with van der Waals surface area (Å²) in [7, 11) is 3.13. The van der Waals surface area contributed by atoms with Crippen LogP contribution in [0, 0.1) is 0 Å². The molecule has 0 aromatic heterocycles. The van der Waals surface area contributed by atoms with Crippen LogP contribution in [0.25, 0.3) is 0 Å². The van der Waals surface area contributed by atoms with Crippen molar-refractivity contribution in [3.8, 4) is 11.5 Å². The van der Waals surface area contributed by atoms with Crippen molar-refractivity contribution in [3.05, 3.63) is 17.7 Å². The van der Waals surface area contributed by atoms with E-state index in [1.165, 1.54) is 0 Å². The van der Waals surface area contributed by atoms with E-state index < -0.39 is 6.09 Å². The Hall–Kier alpha value is -1.56. The SMILES string of the molecule is COc1cc(SC)c(OC)cc1CNC(=O)O. The molecule has 0 spiro atoms. The first kappa shape index (κ1) is 13.5. The van der Waals surface area contributed by atoms with E-state index in [9.17, 15) is 4.79 Å². The molecule has 0 heterocycles. The minimum absolute atomic E-state index is 0.184. The van der Waals surface area contributed by atoms with E-state index in [0.29, 0.717) is 11.5 Å². The van der Waals surface area contributed by atoms with Crippen molar-refractivity contribution in [3.63, 3.8) is 0 Å². The molecule has 0 radical (unpaired) electrons. The number of hydrogen-bond donors (Lipinski definition) is 2. The maximum atomic E-state index is 10.5. The molecule has 0 saturated carbocycles.